The summed E-state index contributed by atoms with van der Waals surface area (Å²) in [5.41, 5.74) is 1.09. The van der Waals surface area contributed by atoms with Gasteiger partial charge in [0.05, 0.1) is 25.9 Å². The lowest BCUT2D eigenvalue weighted by Crippen LogP contribution is -2.49. The highest BCUT2D eigenvalue weighted by atomic mass is 32.2. The van der Waals surface area contributed by atoms with Gasteiger partial charge >= 0.3 is 0 Å². The van der Waals surface area contributed by atoms with Gasteiger partial charge < -0.3 is 14.2 Å². The van der Waals surface area contributed by atoms with Gasteiger partial charge in [-0.3, -0.25) is 9.69 Å². The molecule has 2 unspecified atom stereocenters. The number of benzene rings is 1. The van der Waals surface area contributed by atoms with E-state index in [0.29, 0.717) is 30.8 Å². The lowest BCUT2D eigenvalue weighted by Gasteiger charge is -2.42. The topological polar surface area (TPSA) is 78.7 Å². The molecule has 5 rings (SSSR count). The lowest BCUT2D eigenvalue weighted by atomic mass is 9.95. The van der Waals surface area contributed by atoms with Gasteiger partial charge in [0.15, 0.2) is 10.9 Å². The number of hydrogen-bond acceptors (Lipinski definition) is 8. The first-order chi connectivity index (χ1) is 14.6. The molecule has 3 aliphatic heterocycles. The van der Waals surface area contributed by atoms with Crippen LogP contribution < -0.4 is 4.74 Å². The van der Waals surface area contributed by atoms with E-state index in [1.54, 1.807) is 0 Å². The fraction of sp³-hybridized carbons (Fsp3) is 0.571. The summed E-state index contributed by atoms with van der Waals surface area (Å²) >= 11 is 1.50. The van der Waals surface area contributed by atoms with Crippen LogP contribution in [0.1, 0.15) is 42.0 Å². The molecule has 1 aromatic heterocycles. The van der Waals surface area contributed by atoms with Crippen LogP contribution in [-0.4, -0.2) is 69.5 Å². The van der Waals surface area contributed by atoms with E-state index in [4.69, 9.17) is 14.2 Å². The molecule has 3 aliphatic rings. The molecular formula is C21H26N4O4S. The number of fused-ring (bicyclic) bond motifs is 1. The highest BCUT2D eigenvalue weighted by molar-refractivity contribution is 8.00. The number of rotatable bonds is 5. The lowest BCUT2D eigenvalue weighted by molar-refractivity contribution is -0.187. The minimum absolute atomic E-state index is 0.0110. The summed E-state index contributed by atoms with van der Waals surface area (Å²) in [4.78, 5) is 20.0. The van der Waals surface area contributed by atoms with Crippen molar-refractivity contribution in [2.45, 2.75) is 48.9 Å². The van der Waals surface area contributed by atoms with Crippen molar-refractivity contribution in [3.8, 4) is 5.75 Å². The number of piperidine rings is 1. The summed E-state index contributed by atoms with van der Waals surface area (Å²) in [6, 6.07) is 8.00. The van der Waals surface area contributed by atoms with Crippen molar-refractivity contribution in [2.75, 3.05) is 32.9 Å². The fourth-order valence-electron chi connectivity index (χ4n) is 4.53. The third kappa shape index (κ3) is 3.53. The van der Waals surface area contributed by atoms with Crippen LogP contribution in [0.4, 0.5) is 0 Å². The summed E-state index contributed by atoms with van der Waals surface area (Å²) in [6.45, 7) is 7.33. The molecule has 0 saturated carbocycles. The third-order valence-electron chi connectivity index (χ3n) is 5.95. The van der Waals surface area contributed by atoms with Gasteiger partial charge in [-0.05, 0) is 31.5 Å². The maximum absolute atomic E-state index is 13.2. The molecule has 4 heterocycles. The number of aryl methyl sites for hydroxylation is 1. The molecule has 2 fully saturated rings. The summed E-state index contributed by atoms with van der Waals surface area (Å²) < 4.78 is 18.9. The molecule has 9 heteroatoms. The predicted molar refractivity (Wildman–Crippen MR) is 111 cm³/mol. The van der Waals surface area contributed by atoms with Crippen LogP contribution in [0, 0.1) is 6.92 Å². The Morgan fingerprint density at radius 3 is 2.57 bits per heavy atom. The first-order valence-electron chi connectivity index (χ1n) is 10.5. The first kappa shape index (κ1) is 20.0. The van der Waals surface area contributed by atoms with Crippen LogP contribution in [0.3, 0.4) is 0 Å². The molecule has 0 amide bonds. The zero-order chi connectivity index (χ0) is 20.7. The molecule has 160 valence electrons. The number of carbonyl (C=O) groups excluding carboxylic acids is 1. The van der Waals surface area contributed by atoms with Gasteiger partial charge in [-0.1, -0.05) is 23.9 Å². The largest absolute Gasteiger partial charge is 0.494 e. The summed E-state index contributed by atoms with van der Waals surface area (Å²) in [5, 5.41) is 4.68. The second-order valence-electron chi connectivity index (χ2n) is 7.82. The molecular weight excluding hydrogens is 404 g/mol. The van der Waals surface area contributed by atoms with E-state index in [1.165, 1.54) is 16.4 Å². The van der Waals surface area contributed by atoms with E-state index in [-0.39, 0.29) is 17.2 Å². The Bertz CT molecular complexity index is 916. The van der Waals surface area contributed by atoms with Crippen LogP contribution >= 0.6 is 11.8 Å². The standard InChI is InChI=1S/C21H26N4O4S/c1-3-27-16-6-4-15(5-7-16)17(18-19(26)25-20(30-18)22-14(2)23-25)24-10-8-21(9-11-24)28-12-13-29-21/h4-7,17-18H,3,8-13H2,1-2H3. The Kier molecular flexibility index (Phi) is 5.30. The quantitative estimate of drug-likeness (QED) is 0.717. The van der Waals surface area contributed by atoms with Crippen molar-refractivity contribution in [3.63, 3.8) is 0 Å². The van der Waals surface area contributed by atoms with E-state index in [1.807, 2.05) is 26.0 Å². The minimum atomic E-state index is -0.446. The van der Waals surface area contributed by atoms with Gasteiger partial charge in [0.1, 0.15) is 16.8 Å². The molecule has 2 aromatic rings. The van der Waals surface area contributed by atoms with E-state index in [9.17, 15) is 4.79 Å². The summed E-state index contributed by atoms with van der Waals surface area (Å²) in [5.74, 6) is 1.000. The zero-order valence-corrected chi connectivity index (χ0v) is 18.1. The maximum Gasteiger partial charge on any atom is 0.264 e. The normalized spacial score (nSPS) is 24.3. The van der Waals surface area contributed by atoms with Crippen molar-refractivity contribution in [1.82, 2.24) is 19.7 Å². The molecule has 8 nitrogen and oxygen atoms in total. The summed E-state index contributed by atoms with van der Waals surface area (Å²) in [6.07, 6.45) is 1.60. The molecule has 2 atom stereocenters. The van der Waals surface area contributed by atoms with Gasteiger partial charge in [-0.15, -0.1) is 5.10 Å². The number of aromatic nitrogens is 3. The number of hydrogen-bond donors (Lipinski definition) is 0. The SMILES string of the molecule is CCOc1ccc(C(C2Sc3nc(C)nn3C2=O)N2CCC3(CC2)OCCO3)cc1. The second kappa shape index (κ2) is 7.96. The minimum Gasteiger partial charge on any atom is -0.494 e. The fourth-order valence-corrected chi connectivity index (χ4v) is 5.83. The number of carbonyl (C=O) groups is 1. The Hall–Kier alpha value is -1.94. The molecule has 1 spiro atoms. The van der Waals surface area contributed by atoms with E-state index in [2.05, 4.69) is 27.1 Å². The second-order valence-corrected chi connectivity index (χ2v) is 8.93. The molecule has 1 aromatic carbocycles. The molecule has 2 saturated heterocycles. The van der Waals surface area contributed by atoms with E-state index >= 15 is 0 Å². The van der Waals surface area contributed by atoms with Crippen molar-refractivity contribution in [3.05, 3.63) is 35.7 Å². The van der Waals surface area contributed by atoms with Crippen LogP contribution in [0.2, 0.25) is 0 Å². The number of nitrogens with zero attached hydrogens (tertiary/aromatic N) is 4. The Morgan fingerprint density at radius 1 is 1.23 bits per heavy atom. The first-order valence-corrected chi connectivity index (χ1v) is 11.4. The molecule has 0 aliphatic carbocycles. The van der Waals surface area contributed by atoms with Crippen molar-refractivity contribution in [2.24, 2.45) is 0 Å². The maximum atomic E-state index is 13.2. The molecule has 0 bridgehead atoms. The highest BCUT2D eigenvalue weighted by Gasteiger charge is 2.46. The Balaban J connectivity index is 1.42. The van der Waals surface area contributed by atoms with Crippen LogP contribution in [0.5, 0.6) is 5.75 Å². The Morgan fingerprint density at radius 2 is 1.93 bits per heavy atom. The third-order valence-corrected chi connectivity index (χ3v) is 7.14. The van der Waals surface area contributed by atoms with Gasteiger partial charge in [0, 0.05) is 25.9 Å². The molecule has 30 heavy (non-hydrogen) atoms. The van der Waals surface area contributed by atoms with Gasteiger partial charge in [0.25, 0.3) is 5.91 Å². The van der Waals surface area contributed by atoms with Gasteiger partial charge in [-0.2, -0.15) is 4.68 Å². The van der Waals surface area contributed by atoms with E-state index in [0.717, 1.165) is 37.2 Å². The van der Waals surface area contributed by atoms with Crippen LogP contribution in [-0.2, 0) is 9.47 Å². The molecule has 0 N–H and O–H groups in total. The zero-order valence-electron chi connectivity index (χ0n) is 17.2. The van der Waals surface area contributed by atoms with Gasteiger partial charge in [0.2, 0.25) is 0 Å². The number of ether oxygens (including phenoxy) is 3. The highest BCUT2D eigenvalue weighted by Crippen LogP contribution is 2.43. The Labute approximate surface area is 179 Å². The predicted octanol–water partition coefficient (Wildman–Crippen LogP) is 2.68. The van der Waals surface area contributed by atoms with Crippen LogP contribution in [0.15, 0.2) is 29.4 Å². The monoisotopic (exact) mass is 430 g/mol. The number of thioether (sulfide) groups is 1. The van der Waals surface area contributed by atoms with E-state index < -0.39 is 5.79 Å². The van der Waals surface area contributed by atoms with Gasteiger partial charge in [-0.25, -0.2) is 4.98 Å². The smallest absolute Gasteiger partial charge is 0.264 e. The average Bonchev–Trinajstić information content (AvgIpc) is 3.43. The van der Waals surface area contributed by atoms with Crippen molar-refractivity contribution in [1.29, 1.82) is 0 Å². The number of likely N-dealkylation sites (tertiary alicyclic amines) is 1. The van der Waals surface area contributed by atoms with Crippen molar-refractivity contribution >= 4 is 17.7 Å². The molecule has 0 radical (unpaired) electrons. The van der Waals surface area contributed by atoms with Crippen LogP contribution in [0.25, 0.3) is 0 Å². The summed E-state index contributed by atoms with van der Waals surface area (Å²) in [7, 11) is 0. The average molecular weight is 431 g/mol. The van der Waals surface area contributed by atoms with Crippen molar-refractivity contribution < 1.29 is 19.0 Å².